The summed E-state index contributed by atoms with van der Waals surface area (Å²) < 4.78 is 0. The Labute approximate surface area is 161 Å². The minimum absolute atomic E-state index is 0. The largest absolute Gasteiger partial charge is 0.300 e. The summed E-state index contributed by atoms with van der Waals surface area (Å²) in [5.74, 6) is 0. The SMILES string of the molecule is [Ir].[c-]1ccccc1-c1ncc(-c2ccccc2)nc1-c1ccccc1. The zero-order valence-corrected chi connectivity index (χ0v) is 15.8. The molecule has 4 aromatic rings. The predicted octanol–water partition coefficient (Wildman–Crippen LogP) is 5.28. The van der Waals surface area contributed by atoms with E-state index in [0.29, 0.717) is 0 Å². The van der Waals surface area contributed by atoms with E-state index in [1.54, 1.807) is 0 Å². The van der Waals surface area contributed by atoms with Gasteiger partial charge in [-0.15, -0.1) is 35.9 Å². The van der Waals surface area contributed by atoms with Crippen molar-refractivity contribution in [3.63, 3.8) is 0 Å². The first kappa shape index (κ1) is 17.2. The van der Waals surface area contributed by atoms with Gasteiger partial charge in [0.05, 0.1) is 11.4 Å². The normalized spacial score (nSPS) is 10.1. The molecule has 0 unspecified atom stereocenters. The molecule has 0 bridgehead atoms. The van der Waals surface area contributed by atoms with E-state index in [-0.39, 0.29) is 20.1 Å². The van der Waals surface area contributed by atoms with Gasteiger partial charge in [0.15, 0.2) is 0 Å². The van der Waals surface area contributed by atoms with E-state index < -0.39 is 0 Å². The van der Waals surface area contributed by atoms with Gasteiger partial charge in [-0.05, 0) is 5.56 Å². The Kier molecular flexibility index (Phi) is 5.49. The van der Waals surface area contributed by atoms with Crippen LogP contribution in [0.5, 0.6) is 0 Å². The van der Waals surface area contributed by atoms with Crippen LogP contribution in [0.1, 0.15) is 0 Å². The molecule has 0 spiro atoms. The Morgan fingerprint density at radius 1 is 0.640 bits per heavy atom. The Bertz CT molecular complexity index is 939. The molecule has 3 heteroatoms. The zero-order valence-electron chi connectivity index (χ0n) is 13.4. The standard InChI is InChI=1S/C22H15N2.Ir/c1-4-10-17(11-5-1)20-16-23-21(18-12-6-2-7-13-18)22(24-20)19-14-8-3-9-15-19;/h1-12,14-16H;/q-1;. The molecule has 0 aliphatic heterocycles. The van der Waals surface area contributed by atoms with Crippen molar-refractivity contribution < 1.29 is 20.1 Å². The molecular weight excluding hydrogens is 484 g/mol. The van der Waals surface area contributed by atoms with E-state index in [0.717, 1.165) is 33.8 Å². The van der Waals surface area contributed by atoms with Crippen LogP contribution in [0.3, 0.4) is 0 Å². The first-order valence-electron chi connectivity index (χ1n) is 7.87. The molecule has 0 aliphatic carbocycles. The summed E-state index contributed by atoms with van der Waals surface area (Å²) in [5.41, 5.74) is 5.65. The number of rotatable bonds is 3. The van der Waals surface area contributed by atoms with Crippen LogP contribution >= 0.6 is 0 Å². The number of aromatic nitrogens is 2. The van der Waals surface area contributed by atoms with Crippen LogP contribution in [0, 0.1) is 6.07 Å². The third-order valence-electron chi connectivity index (χ3n) is 3.85. The molecule has 25 heavy (non-hydrogen) atoms. The minimum atomic E-state index is 0. The topological polar surface area (TPSA) is 25.8 Å². The zero-order chi connectivity index (χ0) is 16.2. The summed E-state index contributed by atoms with van der Waals surface area (Å²) in [6.45, 7) is 0. The fourth-order valence-electron chi connectivity index (χ4n) is 2.67. The second-order valence-corrected chi connectivity index (χ2v) is 5.46. The molecule has 0 aliphatic rings. The van der Waals surface area contributed by atoms with Gasteiger partial charge in [-0.1, -0.05) is 60.7 Å². The van der Waals surface area contributed by atoms with Gasteiger partial charge in [-0.3, -0.25) is 4.98 Å². The van der Waals surface area contributed by atoms with Crippen molar-refractivity contribution in [3.05, 3.63) is 97.2 Å². The first-order valence-corrected chi connectivity index (χ1v) is 7.87. The molecule has 0 atom stereocenters. The second-order valence-electron chi connectivity index (χ2n) is 5.46. The quantitative estimate of drug-likeness (QED) is 0.359. The van der Waals surface area contributed by atoms with Crippen LogP contribution in [0.25, 0.3) is 33.8 Å². The summed E-state index contributed by atoms with van der Waals surface area (Å²) in [6.07, 6.45) is 1.83. The van der Waals surface area contributed by atoms with E-state index >= 15 is 0 Å². The maximum Gasteiger partial charge on any atom is 0.0873 e. The van der Waals surface area contributed by atoms with Gasteiger partial charge >= 0.3 is 0 Å². The van der Waals surface area contributed by atoms with Crippen molar-refractivity contribution in [2.24, 2.45) is 0 Å². The van der Waals surface area contributed by atoms with E-state index in [4.69, 9.17) is 9.97 Å². The summed E-state index contributed by atoms with van der Waals surface area (Å²) in [5, 5.41) is 0. The third-order valence-corrected chi connectivity index (χ3v) is 3.85. The number of hydrogen-bond donors (Lipinski definition) is 0. The van der Waals surface area contributed by atoms with Crippen LogP contribution in [-0.2, 0) is 20.1 Å². The molecule has 1 aromatic heterocycles. The second kappa shape index (κ2) is 7.98. The fourth-order valence-corrected chi connectivity index (χ4v) is 2.67. The molecule has 0 N–H and O–H groups in total. The number of hydrogen-bond acceptors (Lipinski definition) is 2. The van der Waals surface area contributed by atoms with Crippen molar-refractivity contribution in [3.8, 4) is 33.8 Å². The molecule has 0 saturated carbocycles. The molecule has 1 heterocycles. The first-order chi connectivity index (χ1) is 11.9. The van der Waals surface area contributed by atoms with E-state index in [1.165, 1.54) is 0 Å². The summed E-state index contributed by atoms with van der Waals surface area (Å²) in [6, 6.07) is 31.4. The maximum absolute atomic E-state index is 4.91. The molecule has 123 valence electrons. The molecule has 0 amide bonds. The fraction of sp³-hybridized carbons (Fsp3) is 0. The van der Waals surface area contributed by atoms with E-state index in [2.05, 4.69) is 18.2 Å². The molecule has 0 saturated heterocycles. The Morgan fingerprint density at radius 2 is 1.28 bits per heavy atom. The Morgan fingerprint density at radius 3 is 1.92 bits per heavy atom. The molecule has 4 rings (SSSR count). The van der Waals surface area contributed by atoms with Crippen molar-refractivity contribution in [1.82, 2.24) is 9.97 Å². The average molecular weight is 500 g/mol. The summed E-state index contributed by atoms with van der Waals surface area (Å²) in [7, 11) is 0. The molecule has 0 fully saturated rings. The average Bonchev–Trinajstić information content (AvgIpc) is 2.69. The van der Waals surface area contributed by atoms with Crippen molar-refractivity contribution in [2.45, 2.75) is 0 Å². The molecule has 3 aromatic carbocycles. The van der Waals surface area contributed by atoms with Gasteiger partial charge in [-0.2, -0.15) is 0 Å². The van der Waals surface area contributed by atoms with Crippen LogP contribution in [0.2, 0.25) is 0 Å². The van der Waals surface area contributed by atoms with Crippen molar-refractivity contribution in [2.75, 3.05) is 0 Å². The van der Waals surface area contributed by atoms with Crippen LogP contribution in [0.15, 0.2) is 91.1 Å². The van der Waals surface area contributed by atoms with E-state index in [1.807, 2.05) is 79.0 Å². The van der Waals surface area contributed by atoms with Gasteiger partial charge in [0, 0.05) is 37.6 Å². The minimum Gasteiger partial charge on any atom is -0.300 e. The van der Waals surface area contributed by atoms with Gasteiger partial charge in [0.1, 0.15) is 0 Å². The van der Waals surface area contributed by atoms with Crippen molar-refractivity contribution >= 4 is 0 Å². The van der Waals surface area contributed by atoms with E-state index in [9.17, 15) is 0 Å². The van der Waals surface area contributed by atoms with Crippen molar-refractivity contribution in [1.29, 1.82) is 0 Å². The monoisotopic (exact) mass is 500 g/mol. The van der Waals surface area contributed by atoms with Gasteiger partial charge in [0.2, 0.25) is 0 Å². The maximum atomic E-state index is 4.91. The predicted molar refractivity (Wildman–Crippen MR) is 97.2 cm³/mol. The van der Waals surface area contributed by atoms with Crippen LogP contribution in [-0.4, -0.2) is 9.97 Å². The molecular formula is C22H15IrN2-. The molecule has 1 radical (unpaired) electrons. The number of benzene rings is 3. The van der Waals surface area contributed by atoms with Crippen LogP contribution in [0.4, 0.5) is 0 Å². The van der Waals surface area contributed by atoms with Gasteiger partial charge in [0.25, 0.3) is 0 Å². The Balaban J connectivity index is 0.00000182. The van der Waals surface area contributed by atoms with Gasteiger partial charge < -0.3 is 4.98 Å². The smallest absolute Gasteiger partial charge is 0.0873 e. The summed E-state index contributed by atoms with van der Waals surface area (Å²) >= 11 is 0. The van der Waals surface area contributed by atoms with Gasteiger partial charge in [-0.25, -0.2) is 0 Å². The molecule has 2 nitrogen and oxygen atoms in total. The third kappa shape index (κ3) is 3.74. The summed E-state index contributed by atoms with van der Waals surface area (Å²) in [4.78, 5) is 9.61. The van der Waals surface area contributed by atoms with Crippen LogP contribution < -0.4 is 0 Å². The number of nitrogens with zero attached hydrogens (tertiary/aromatic N) is 2. The Hall–Kier alpha value is -2.61.